The predicted octanol–water partition coefficient (Wildman–Crippen LogP) is 1.78. The minimum Gasteiger partial charge on any atom is -0.342 e. The van der Waals surface area contributed by atoms with Crippen LogP contribution in [-0.2, 0) is 0 Å². The molecule has 0 fully saturated rings. The lowest BCUT2D eigenvalue weighted by molar-refractivity contribution is 0.658. The van der Waals surface area contributed by atoms with Crippen LogP contribution in [-0.4, -0.2) is 17.3 Å². The molecular weight excluding hydrogens is 159 g/mol. The van der Waals surface area contributed by atoms with Gasteiger partial charge in [0.2, 0.25) is 0 Å². The Morgan fingerprint density at radius 1 is 1.56 bits per heavy atom. The maximum atomic E-state index is 5.73. The summed E-state index contributed by atoms with van der Waals surface area (Å²) in [5.74, 6) is 0. The fourth-order valence-corrected chi connectivity index (χ4v) is 0.675. The maximum Gasteiger partial charge on any atom is 0.192 e. The molecule has 0 amide bonds. The standard InChI is InChI=1S/C5H10Cl2N2/c1-5(2,7)9-4(6)8-3/h1-3H3,(H,8,9). The van der Waals surface area contributed by atoms with Crippen LogP contribution in [0, 0.1) is 0 Å². The van der Waals surface area contributed by atoms with Crippen LogP contribution >= 0.6 is 23.2 Å². The summed E-state index contributed by atoms with van der Waals surface area (Å²) in [6.07, 6.45) is 0. The first kappa shape index (κ1) is 9.05. The molecule has 0 aromatic rings. The average molecular weight is 169 g/mol. The number of amidine groups is 1. The highest BCUT2D eigenvalue weighted by molar-refractivity contribution is 6.65. The van der Waals surface area contributed by atoms with Crippen molar-refractivity contribution in [1.82, 2.24) is 5.32 Å². The van der Waals surface area contributed by atoms with Gasteiger partial charge in [-0.25, -0.2) is 0 Å². The smallest absolute Gasteiger partial charge is 0.192 e. The van der Waals surface area contributed by atoms with Gasteiger partial charge in [0.25, 0.3) is 0 Å². The first-order valence-electron chi connectivity index (χ1n) is 2.55. The lowest BCUT2D eigenvalue weighted by Gasteiger charge is -2.16. The van der Waals surface area contributed by atoms with Crippen molar-refractivity contribution < 1.29 is 0 Å². The van der Waals surface area contributed by atoms with E-state index in [4.69, 9.17) is 23.2 Å². The molecule has 0 unspecified atom stereocenters. The molecular formula is C5H10Cl2N2. The van der Waals surface area contributed by atoms with Crippen LogP contribution in [0.15, 0.2) is 4.99 Å². The third kappa shape index (κ3) is 5.93. The van der Waals surface area contributed by atoms with E-state index in [0.29, 0.717) is 5.29 Å². The van der Waals surface area contributed by atoms with Crippen molar-refractivity contribution in [1.29, 1.82) is 0 Å². The summed E-state index contributed by atoms with van der Waals surface area (Å²) in [5.41, 5.74) is 0. The molecule has 0 aliphatic rings. The largest absolute Gasteiger partial charge is 0.342 e. The normalized spacial score (nSPS) is 13.7. The van der Waals surface area contributed by atoms with Gasteiger partial charge in [0.05, 0.1) is 0 Å². The number of halogens is 2. The van der Waals surface area contributed by atoms with Gasteiger partial charge in [-0.2, -0.15) is 0 Å². The molecule has 2 nitrogen and oxygen atoms in total. The molecule has 1 N–H and O–H groups in total. The summed E-state index contributed by atoms with van der Waals surface area (Å²) >= 11 is 11.2. The van der Waals surface area contributed by atoms with E-state index in [2.05, 4.69) is 10.3 Å². The number of nitrogens with one attached hydrogen (secondary N) is 1. The van der Waals surface area contributed by atoms with Crippen molar-refractivity contribution in [2.24, 2.45) is 4.99 Å². The van der Waals surface area contributed by atoms with Crippen molar-refractivity contribution in [3.05, 3.63) is 0 Å². The Bertz CT molecular complexity index is 115. The summed E-state index contributed by atoms with van der Waals surface area (Å²) < 4.78 is 0. The van der Waals surface area contributed by atoms with Gasteiger partial charge in [0.15, 0.2) is 5.29 Å². The van der Waals surface area contributed by atoms with E-state index in [-0.39, 0.29) is 0 Å². The molecule has 0 saturated carbocycles. The first-order chi connectivity index (χ1) is 3.95. The fourth-order valence-electron chi connectivity index (χ4n) is 0.301. The van der Waals surface area contributed by atoms with E-state index in [9.17, 15) is 0 Å². The molecule has 0 aliphatic heterocycles. The third-order valence-electron chi connectivity index (χ3n) is 0.597. The molecule has 4 heteroatoms. The number of aliphatic imine (C=N–C) groups is 1. The molecule has 0 aliphatic carbocycles. The zero-order valence-electron chi connectivity index (χ0n) is 5.70. The van der Waals surface area contributed by atoms with Crippen molar-refractivity contribution in [3.63, 3.8) is 0 Å². The van der Waals surface area contributed by atoms with E-state index in [1.54, 1.807) is 20.9 Å². The van der Waals surface area contributed by atoms with E-state index in [1.165, 1.54) is 0 Å². The Labute approximate surface area is 65.3 Å². The van der Waals surface area contributed by atoms with Crippen molar-refractivity contribution in [3.8, 4) is 0 Å². The number of rotatable bonds is 1. The second kappa shape index (κ2) is 3.28. The van der Waals surface area contributed by atoms with Gasteiger partial charge in [-0.3, -0.25) is 4.99 Å². The number of hydrogen-bond donors (Lipinski definition) is 1. The Morgan fingerprint density at radius 3 is 2.11 bits per heavy atom. The lowest BCUT2D eigenvalue weighted by atomic mass is 10.4. The summed E-state index contributed by atoms with van der Waals surface area (Å²) in [5, 5.41) is 3.08. The van der Waals surface area contributed by atoms with Gasteiger partial charge in [-0.05, 0) is 25.4 Å². The minimum absolute atomic E-state index is 0.329. The quantitative estimate of drug-likeness (QED) is 0.275. The van der Waals surface area contributed by atoms with Crippen LogP contribution in [0.25, 0.3) is 0 Å². The topological polar surface area (TPSA) is 24.4 Å². The van der Waals surface area contributed by atoms with Gasteiger partial charge >= 0.3 is 0 Å². The summed E-state index contributed by atoms with van der Waals surface area (Å²) in [4.78, 5) is 3.14. The third-order valence-corrected chi connectivity index (χ3v) is 0.955. The second-order valence-corrected chi connectivity index (χ2v) is 3.41. The van der Waals surface area contributed by atoms with E-state index >= 15 is 0 Å². The van der Waals surface area contributed by atoms with Crippen LogP contribution in [0.3, 0.4) is 0 Å². The van der Waals surface area contributed by atoms with Gasteiger partial charge < -0.3 is 5.32 Å². The molecule has 0 aromatic heterocycles. The van der Waals surface area contributed by atoms with Crippen molar-refractivity contribution in [2.45, 2.75) is 18.8 Å². The van der Waals surface area contributed by atoms with Crippen molar-refractivity contribution >= 4 is 28.5 Å². The van der Waals surface area contributed by atoms with Crippen LogP contribution in [0.1, 0.15) is 13.8 Å². The lowest BCUT2D eigenvalue weighted by Crippen LogP contribution is -2.35. The Morgan fingerprint density at radius 2 is 2.00 bits per heavy atom. The highest BCUT2D eigenvalue weighted by atomic mass is 35.5. The minimum atomic E-state index is -0.517. The Kier molecular flexibility index (Phi) is 3.30. The number of alkyl halides is 1. The second-order valence-electron chi connectivity index (χ2n) is 2.11. The Hall–Kier alpha value is 0.0500. The Balaban J connectivity index is 3.75. The molecule has 0 spiro atoms. The number of nitrogens with zero attached hydrogens (tertiary/aromatic N) is 1. The van der Waals surface area contributed by atoms with Crippen molar-refractivity contribution in [2.75, 3.05) is 7.05 Å². The predicted molar refractivity (Wildman–Crippen MR) is 42.3 cm³/mol. The molecule has 0 bridgehead atoms. The van der Waals surface area contributed by atoms with Gasteiger partial charge in [0.1, 0.15) is 5.00 Å². The van der Waals surface area contributed by atoms with Crippen LogP contribution in [0.2, 0.25) is 0 Å². The molecule has 54 valence electrons. The number of hydrogen-bond acceptors (Lipinski definition) is 1. The highest BCUT2D eigenvalue weighted by Gasteiger charge is 2.12. The molecule has 0 heterocycles. The molecule has 9 heavy (non-hydrogen) atoms. The fraction of sp³-hybridized carbons (Fsp3) is 0.800. The SMILES string of the molecule is CN=C(Cl)NC(C)(C)Cl. The van der Waals surface area contributed by atoms with Crippen LogP contribution < -0.4 is 5.32 Å². The zero-order valence-corrected chi connectivity index (χ0v) is 7.22. The van der Waals surface area contributed by atoms with Crippen LogP contribution in [0.4, 0.5) is 0 Å². The summed E-state index contributed by atoms with van der Waals surface area (Å²) in [6.45, 7) is 3.59. The maximum absolute atomic E-state index is 5.73. The average Bonchev–Trinajstić information content (AvgIpc) is 1.62. The van der Waals surface area contributed by atoms with Gasteiger partial charge in [0, 0.05) is 7.05 Å². The summed E-state index contributed by atoms with van der Waals surface area (Å²) in [7, 11) is 1.60. The first-order valence-corrected chi connectivity index (χ1v) is 3.30. The van der Waals surface area contributed by atoms with Gasteiger partial charge in [-0.15, -0.1) is 0 Å². The molecule has 0 radical (unpaired) electrons. The van der Waals surface area contributed by atoms with E-state index in [1.807, 2.05) is 0 Å². The van der Waals surface area contributed by atoms with E-state index in [0.717, 1.165) is 0 Å². The van der Waals surface area contributed by atoms with Gasteiger partial charge in [-0.1, -0.05) is 11.6 Å². The molecule has 0 atom stereocenters. The monoisotopic (exact) mass is 168 g/mol. The summed E-state index contributed by atoms with van der Waals surface area (Å²) in [6, 6.07) is 0. The van der Waals surface area contributed by atoms with E-state index < -0.39 is 5.00 Å². The molecule has 0 rings (SSSR count). The van der Waals surface area contributed by atoms with Crippen LogP contribution in [0.5, 0.6) is 0 Å². The highest BCUT2D eigenvalue weighted by Crippen LogP contribution is 2.07. The molecule has 0 aromatic carbocycles. The zero-order chi connectivity index (χ0) is 7.49. The molecule has 0 saturated heterocycles.